The van der Waals surface area contributed by atoms with Gasteiger partial charge in [0.05, 0.1) is 17.1 Å². The summed E-state index contributed by atoms with van der Waals surface area (Å²) in [4.78, 5) is 17.2. The lowest BCUT2D eigenvalue weighted by Gasteiger charge is -2.07. The molecular formula is C22H20N2O3S. The van der Waals surface area contributed by atoms with Crippen molar-refractivity contribution in [3.05, 3.63) is 74.2 Å². The number of aliphatic imine (C=N–C) groups is 1. The van der Waals surface area contributed by atoms with Crippen LogP contribution in [0.25, 0.3) is 11.6 Å². The van der Waals surface area contributed by atoms with Crippen molar-refractivity contribution in [2.75, 3.05) is 6.61 Å². The van der Waals surface area contributed by atoms with Gasteiger partial charge in [0.15, 0.2) is 0 Å². The maximum Gasteiger partial charge on any atom is 0.310 e. The summed E-state index contributed by atoms with van der Waals surface area (Å²) in [7, 11) is 0. The van der Waals surface area contributed by atoms with Gasteiger partial charge in [-0.15, -0.1) is 0 Å². The van der Waals surface area contributed by atoms with E-state index in [1.165, 1.54) is 4.57 Å². The van der Waals surface area contributed by atoms with Gasteiger partial charge in [0.2, 0.25) is 5.88 Å². The van der Waals surface area contributed by atoms with Crippen molar-refractivity contribution in [1.82, 2.24) is 4.57 Å². The molecule has 2 heterocycles. The van der Waals surface area contributed by atoms with Gasteiger partial charge in [0.25, 0.3) is 0 Å². The summed E-state index contributed by atoms with van der Waals surface area (Å²) in [5.74, 6) is 0.706. The lowest BCUT2D eigenvalue weighted by atomic mass is 10.0. The van der Waals surface area contributed by atoms with Crippen molar-refractivity contribution in [3.63, 3.8) is 0 Å². The Labute approximate surface area is 166 Å². The predicted molar refractivity (Wildman–Crippen MR) is 114 cm³/mol. The number of hydrogen-bond acceptors (Lipinski definition) is 5. The van der Waals surface area contributed by atoms with Crippen LogP contribution >= 0.6 is 11.3 Å². The zero-order valence-corrected chi connectivity index (χ0v) is 16.5. The number of ether oxygens (including phenoxy) is 1. The molecular weight excluding hydrogens is 372 g/mol. The van der Waals surface area contributed by atoms with Crippen LogP contribution in [0.1, 0.15) is 22.9 Å². The van der Waals surface area contributed by atoms with E-state index in [-0.39, 0.29) is 17.3 Å². The second kappa shape index (κ2) is 7.48. The normalized spacial score (nSPS) is 14.2. The Balaban J connectivity index is 1.54. The number of nitrogens with zero attached hydrogens (tertiary/aromatic N) is 2. The fraction of sp³-hybridized carbons (Fsp3) is 0.182. The van der Waals surface area contributed by atoms with E-state index < -0.39 is 0 Å². The van der Waals surface area contributed by atoms with Crippen LogP contribution in [-0.4, -0.2) is 22.0 Å². The molecule has 2 aromatic carbocycles. The third kappa shape index (κ3) is 3.51. The Hall–Kier alpha value is -3.12. The molecule has 0 amide bonds. The Kier molecular flexibility index (Phi) is 4.88. The summed E-state index contributed by atoms with van der Waals surface area (Å²) in [5.41, 5.74) is 4.87. The topological polar surface area (TPSA) is 63.8 Å². The minimum Gasteiger partial charge on any atom is -0.493 e. The minimum absolute atomic E-state index is 0.0350. The van der Waals surface area contributed by atoms with Gasteiger partial charge in [-0.3, -0.25) is 14.4 Å². The quantitative estimate of drug-likeness (QED) is 0.687. The number of rotatable bonds is 5. The maximum absolute atomic E-state index is 12.4. The van der Waals surface area contributed by atoms with E-state index in [9.17, 15) is 9.90 Å². The van der Waals surface area contributed by atoms with E-state index in [0.717, 1.165) is 45.2 Å². The molecule has 0 bridgehead atoms. The second-order valence-electron chi connectivity index (χ2n) is 6.64. The fourth-order valence-electron chi connectivity index (χ4n) is 3.14. The molecule has 142 valence electrons. The van der Waals surface area contributed by atoms with E-state index in [1.54, 1.807) is 0 Å². The molecule has 1 aliphatic rings. The van der Waals surface area contributed by atoms with Crippen LogP contribution in [0.5, 0.6) is 11.6 Å². The van der Waals surface area contributed by atoms with Crippen LogP contribution in [0.3, 0.4) is 0 Å². The number of hydrogen-bond donors (Lipinski definition) is 1. The molecule has 0 saturated heterocycles. The maximum atomic E-state index is 12.4. The molecule has 1 aromatic heterocycles. The van der Waals surface area contributed by atoms with E-state index in [0.29, 0.717) is 11.5 Å². The van der Waals surface area contributed by atoms with Gasteiger partial charge in [0.1, 0.15) is 12.4 Å². The number of benzene rings is 2. The molecule has 0 fully saturated rings. The van der Waals surface area contributed by atoms with Gasteiger partial charge in [-0.25, -0.2) is 0 Å². The lowest BCUT2D eigenvalue weighted by molar-refractivity contribution is 0.286. The predicted octanol–water partition coefficient (Wildman–Crippen LogP) is 4.65. The highest BCUT2D eigenvalue weighted by Crippen LogP contribution is 2.37. The molecule has 0 radical (unpaired) electrons. The number of fused-ring (bicyclic) bond motifs is 1. The molecule has 0 aliphatic carbocycles. The Bertz CT molecular complexity index is 1140. The standard InChI is InChI=1S/C22H20N2O3S/c1-14-7-9-16(10-8-14)27-12-11-24-21(25)20(28-22(24)26)13-18-15(2)23-19-6-4-3-5-17(18)19/h3-10,13,25H,11-12H2,1-2H3/b18-13-. The van der Waals surface area contributed by atoms with Crippen molar-refractivity contribution in [1.29, 1.82) is 0 Å². The number of para-hydroxylation sites is 1. The monoisotopic (exact) mass is 392 g/mol. The smallest absolute Gasteiger partial charge is 0.310 e. The Morgan fingerprint density at radius 3 is 2.68 bits per heavy atom. The average Bonchev–Trinajstić information content (AvgIpc) is 3.14. The highest BCUT2D eigenvalue weighted by Gasteiger charge is 2.19. The second-order valence-corrected chi connectivity index (χ2v) is 7.63. The molecule has 6 heteroatoms. The van der Waals surface area contributed by atoms with Gasteiger partial charge in [-0.05, 0) is 38.1 Å². The zero-order chi connectivity index (χ0) is 19.7. The lowest BCUT2D eigenvalue weighted by Crippen LogP contribution is -2.17. The fourth-order valence-corrected chi connectivity index (χ4v) is 4.00. The largest absolute Gasteiger partial charge is 0.493 e. The molecule has 0 spiro atoms. The summed E-state index contributed by atoms with van der Waals surface area (Å²) < 4.78 is 7.03. The van der Waals surface area contributed by atoms with Crippen molar-refractivity contribution in [3.8, 4) is 11.6 Å². The molecule has 0 atom stereocenters. The molecule has 3 aromatic rings. The first-order valence-corrected chi connectivity index (χ1v) is 9.83. The van der Waals surface area contributed by atoms with Crippen molar-refractivity contribution < 1.29 is 9.84 Å². The van der Waals surface area contributed by atoms with Crippen LogP contribution in [0.2, 0.25) is 0 Å². The molecule has 5 nitrogen and oxygen atoms in total. The number of aromatic nitrogens is 1. The van der Waals surface area contributed by atoms with Gasteiger partial charge < -0.3 is 9.84 Å². The van der Waals surface area contributed by atoms with Crippen LogP contribution < -0.4 is 9.61 Å². The first-order valence-electron chi connectivity index (χ1n) is 9.02. The first-order chi connectivity index (χ1) is 13.5. The number of allylic oxidation sites excluding steroid dienone is 1. The third-order valence-corrected chi connectivity index (χ3v) is 5.56. The number of thiazole rings is 1. The average molecular weight is 392 g/mol. The summed E-state index contributed by atoms with van der Waals surface area (Å²) >= 11 is 1.02. The summed E-state index contributed by atoms with van der Waals surface area (Å²) in [6.45, 7) is 4.52. The molecule has 1 N–H and O–H groups in total. The van der Waals surface area contributed by atoms with Crippen LogP contribution in [0.15, 0.2) is 58.3 Å². The van der Waals surface area contributed by atoms with Gasteiger partial charge in [-0.1, -0.05) is 47.2 Å². The SMILES string of the molecule is CC1=Nc2ccccc2/C1=C\c1sc(=O)n(CCOc2ccc(C)cc2)c1O. The molecule has 0 unspecified atom stereocenters. The van der Waals surface area contributed by atoms with E-state index in [1.807, 2.05) is 68.5 Å². The molecule has 1 aliphatic heterocycles. The summed E-state index contributed by atoms with van der Waals surface area (Å²) in [6.07, 6.45) is 1.84. The van der Waals surface area contributed by atoms with Gasteiger partial charge in [-0.2, -0.15) is 0 Å². The third-order valence-electron chi connectivity index (χ3n) is 4.65. The molecule has 28 heavy (non-hydrogen) atoms. The van der Waals surface area contributed by atoms with E-state index in [2.05, 4.69) is 4.99 Å². The highest BCUT2D eigenvalue weighted by molar-refractivity contribution is 7.10. The summed E-state index contributed by atoms with van der Waals surface area (Å²) in [6, 6.07) is 15.6. The van der Waals surface area contributed by atoms with Gasteiger partial charge in [0, 0.05) is 16.8 Å². The van der Waals surface area contributed by atoms with Crippen molar-refractivity contribution in [2.24, 2.45) is 4.99 Å². The molecule has 0 saturated carbocycles. The summed E-state index contributed by atoms with van der Waals surface area (Å²) in [5, 5.41) is 10.6. The van der Waals surface area contributed by atoms with Crippen LogP contribution in [-0.2, 0) is 6.54 Å². The molecule has 4 rings (SSSR count). The zero-order valence-electron chi connectivity index (χ0n) is 15.7. The van der Waals surface area contributed by atoms with Crippen LogP contribution in [0, 0.1) is 6.92 Å². The van der Waals surface area contributed by atoms with E-state index >= 15 is 0 Å². The highest BCUT2D eigenvalue weighted by atomic mass is 32.1. The minimum atomic E-state index is -0.210. The van der Waals surface area contributed by atoms with Gasteiger partial charge >= 0.3 is 4.87 Å². The van der Waals surface area contributed by atoms with E-state index in [4.69, 9.17) is 4.74 Å². The number of aryl methyl sites for hydroxylation is 1. The van der Waals surface area contributed by atoms with Crippen molar-refractivity contribution >= 4 is 34.4 Å². The Morgan fingerprint density at radius 2 is 1.89 bits per heavy atom. The number of aromatic hydroxyl groups is 1. The van der Waals surface area contributed by atoms with Crippen LogP contribution in [0.4, 0.5) is 5.69 Å². The first kappa shape index (κ1) is 18.3. The Morgan fingerprint density at radius 1 is 1.14 bits per heavy atom. The van der Waals surface area contributed by atoms with Crippen molar-refractivity contribution in [2.45, 2.75) is 20.4 Å².